The van der Waals surface area contributed by atoms with Crippen LogP contribution in [0.15, 0.2) is 162 Å². The number of allylic oxidation sites excluding steroid dienone is 1. The zero-order valence-corrected chi connectivity index (χ0v) is 30.2. The van der Waals surface area contributed by atoms with Gasteiger partial charge in [-0.15, -0.1) is 0 Å². The maximum atomic E-state index is 6.42. The summed E-state index contributed by atoms with van der Waals surface area (Å²) in [6.45, 7) is 9.76. The summed E-state index contributed by atoms with van der Waals surface area (Å²) in [5.74, 6) is 1.14. The Morgan fingerprint density at radius 1 is 0.566 bits per heavy atom. The predicted molar refractivity (Wildman–Crippen MR) is 225 cm³/mol. The van der Waals surface area contributed by atoms with Gasteiger partial charge in [0.05, 0.1) is 0 Å². The molecule has 11 rings (SSSR count). The number of hydrogen-bond acceptors (Lipinski definition) is 1. The van der Waals surface area contributed by atoms with E-state index in [1.807, 2.05) is 6.07 Å². The minimum Gasteiger partial charge on any atom is -0.456 e. The minimum atomic E-state index is -0.195. The number of para-hydroxylation sites is 1. The average Bonchev–Trinajstić information content (AvgIpc) is 3.72. The summed E-state index contributed by atoms with van der Waals surface area (Å²) in [5.41, 5.74) is 13.7. The van der Waals surface area contributed by atoms with E-state index in [1.165, 1.54) is 95.2 Å². The Morgan fingerprint density at radius 3 is 1.85 bits per heavy atom. The molecule has 8 aromatic carbocycles. The molecular formula is C52H40O. The Kier molecular flexibility index (Phi) is 6.54. The molecule has 2 aliphatic carbocycles. The second kappa shape index (κ2) is 11.3. The topological polar surface area (TPSA) is 13.1 Å². The van der Waals surface area contributed by atoms with Gasteiger partial charge in [-0.1, -0.05) is 154 Å². The van der Waals surface area contributed by atoms with Crippen LogP contribution in [0.25, 0.3) is 87.6 Å². The van der Waals surface area contributed by atoms with Crippen LogP contribution in [-0.4, -0.2) is 0 Å². The van der Waals surface area contributed by atoms with Crippen LogP contribution in [0.4, 0.5) is 0 Å². The molecule has 1 saturated carbocycles. The fourth-order valence-electron chi connectivity index (χ4n) is 10.8. The fraction of sp³-hybridized carbons (Fsp3) is 0.154. The van der Waals surface area contributed by atoms with Crippen LogP contribution in [0.1, 0.15) is 44.2 Å². The van der Waals surface area contributed by atoms with E-state index in [4.69, 9.17) is 11.0 Å². The van der Waals surface area contributed by atoms with Crippen LogP contribution < -0.4 is 0 Å². The van der Waals surface area contributed by atoms with Gasteiger partial charge in [0.1, 0.15) is 11.2 Å². The first-order valence-corrected chi connectivity index (χ1v) is 19.3. The van der Waals surface area contributed by atoms with Gasteiger partial charge in [-0.05, 0) is 126 Å². The molecule has 254 valence electrons. The molecule has 2 aliphatic rings. The summed E-state index contributed by atoms with van der Waals surface area (Å²) < 4.78 is 6.42. The second-order valence-corrected chi connectivity index (χ2v) is 15.6. The van der Waals surface area contributed by atoms with E-state index in [0.29, 0.717) is 11.8 Å². The lowest BCUT2D eigenvalue weighted by Gasteiger charge is -2.47. The maximum absolute atomic E-state index is 6.42. The molecule has 1 heterocycles. The molecular weight excluding hydrogens is 641 g/mol. The molecule has 3 atom stereocenters. The summed E-state index contributed by atoms with van der Waals surface area (Å²) in [6.07, 6.45) is 3.51. The molecule has 3 unspecified atom stereocenters. The van der Waals surface area contributed by atoms with Crippen molar-refractivity contribution in [2.45, 2.75) is 38.5 Å². The number of benzene rings is 8. The first-order valence-electron chi connectivity index (χ1n) is 19.3. The van der Waals surface area contributed by atoms with Crippen molar-refractivity contribution in [2.24, 2.45) is 11.8 Å². The molecule has 9 aromatic rings. The summed E-state index contributed by atoms with van der Waals surface area (Å²) in [6, 6.07) is 54.1. The first kappa shape index (κ1) is 30.7. The molecule has 1 aromatic heterocycles. The summed E-state index contributed by atoms with van der Waals surface area (Å²) >= 11 is 0. The van der Waals surface area contributed by atoms with Crippen LogP contribution in [0.3, 0.4) is 0 Å². The van der Waals surface area contributed by atoms with Crippen molar-refractivity contribution >= 4 is 54.3 Å². The molecule has 0 N–H and O–H groups in total. The van der Waals surface area contributed by atoms with Gasteiger partial charge in [0.25, 0.3) is 0 Å². The van der Waals surface area contributed by atoms with Gasteiger partial charge < -0.3 is 4.42 Å². The average molecular weight is 681 g/mol. The monoisotopic (exact) mass is 680 g/mol. The van der Waals surface area contributed by atoms with Gasteiger partial charge in [0.15, 0.2) is 0 Å². The lowest BCUT2D eigenvalue weighted by molar-refractivity contribution is 0.249. The van der Waals surface area contributed by atoms with E-state index in [1.54, 1.807) is 0 Å². The SMILES string of the molecule is C=C1CC(CC)CC(C)C12c1ccccc1-c1cc(-c3c4ccccc4c(-c4ccc5c(c4)oc4ccccc45)c4ccccc34)c3ccccc3c12. The van der Waals surface area contributed by atoms with E-state index >= 15 is 0 Å². The highest BCUT2D eigenvalue weighted by molar-refractivity contribution is 6.25. The lowest BCUT2D eigenvalue weighted by atomic mass is 9.56. The number of hydrogen-bond donors (Lipinski definition) is 0. The highest BCUT2D eigenvalue weighted by Gasteiger charge is 2.52. The highest BCUT2D eigenvalue weighted by Crippen LogP contribution is 2.63. The van der Waals surface area contributed by atoms with Crippen LogP contribution in [0.2, 0.25) is 0 Å². The van der Waals surface area contributed by atoms with Gasteiger partial charge >= 0.3 is 0 Å². The third-order valence-corrected chi connectivity index (χ3v) is 13.0. The number of rotatable bonds is 3. The summed E-state index contributed by atoms with van der Waals surface area (Å²) in [7, 11) is 0. The van der Waals surface area contributed by atoms with Crippen molar-refractivity contribution in [3.05, 3.63) is 169 Å². The highest BCUT2D eigenvalue weighted by atomic mass is 16.3. The molecule has 1 nitrogen and oxygen atoms in total. The molecule has 0 saturated heterocycles. The molecule has 0 radical (unpaired) electrons. The zero-order valence-electron chi connectivity index (χ0n) is 30.2. The van der Waals surface area contributed by atoms with Crippen molar-refractivity contribution in [2.75, 3.05) is 0 Å². The predicted octanol–water partition coefficient (Wildman–Crippen LogP) is 14.7. The largest absolute Gasteiger partial charge is 0.456 e. The van der Waals surface area contributed by atoms with E-state index in [0.717, 1.165) is 28.4 Å². The van der Waals surface area contributed by atoms with E-state index in [-0.39, 0.29) is 5.41 Å². The minimum absolute atomic E-state index is 0.195. The molecule has 1 heteroatoms. The molecule has 0 aliphatic heterocycles. The standard InChI is InChI=1S/C52H40O/c1-4-33-27-31(2)52(32(3)28-33)46-23-13-11-16-36(46)45-30-44(35-15-5-10-22-43(35)51(45)52)50-41-20-8-6-18-39(41)49(40-19-7-9-21-42(40)50)34-25-26-38-37-17-12-14-24-47(37)53-48(38)29-34/h5-26,29-30,32-33H,2,4,27-28H2,1,3H3. The Labute approximate surface area is 310 Å². The fourth-order valence-corrected chi connectivity index (χ4v) is 10.8. The van der Waals surface area contributed by atoms with Crippen molar-refractivity contribution < 1.29 is 4.42 Å². The summed E-state index contributed by atoms with van der Waals surface area (Å²) in [5, 5.41) is 9.99. The van der Waals surface area contributed by atoms with Crippen LogP contribution in [-0.2, 0) is 5.41 Å². The van der Waals surface area contributed by atoms with Gasteiger partial charge in [0, 0.05) is 16.2 Å². The normalized spacial score (nSPS) is 19.5. The van der Waals surface area contributed by atoms with E-state index in [2.05, 4.69) is 153 Å². The smallest absolute Gasteiger partial charge is 0.136 e. The maximum Gasteiger partial charge on any atom is 0.136 e. The lowest BCUT2D eigenvalue weighted by Crippen LogP contribution is -2.40. The van der Waals surface area contributed by atoms with Crippen LogP contribution >= 0.6 is 0 Å². The van der Waals surface area contributed by atoms with Crippen LogP contribution in [0.5, 0.6) is 0 Å². The number of fused-ring (bicyclic) bond motifs is 12. The first-order chi connectivity index (χ1) is 26.1. The van der Waals surface area contributed by atoms with E-state index in [9.17, 15) is 0 Å². The Balaban J connectivity index is 1.23. The molecule has 1 spiro atoms. The van der Waals surface area contributed by atoms with Gasteiger partial charge in [-0.3, -0.25) is 0 Å². The molecule has 0 amide bonds. The zero-order chi connectivity index (χ0) is 35.4. The van der Waals surface area contributed by atoms with Crippen molar-refractivity contribution in [3.8, 4) is 33.4 Å². The van der Waals surface area contributed by atoms with Crippen LogP contribution in [0, 0.1) is 11.8 Å². The van der Waals surface area contributed by atoms with Gasteiger partial charge in [-0.2, -0.15) is 0 Å². The number of furan rings is 1. The second-order valence-electron chi connectivity index (χ2n) is 15.6. The Bertz CT molecular complexity index is 2940. The third kappa shape index (κ3) is 4.08. The Morgan fingerprint density at radius 2 is 1.15 bits per heavy atom. The van der Waals surface area contributed by atoms with Gasteiger partial charge in [-0.25, -0.2) is 0 Å². The molecule has 0 bridgehead atoms. The Hall–Kier alpha value is -5.92. The van der Waals surface area contributed by atoms with Gasteiger partial charge in [0.2, 0.25) is 0 Å². The van der Waals surface area contributed by atoms with Crippen molar-refractivity contribution in [1.82, 2.24) is 0 Å². The quantitative estimate of drug-likeness (QED) is 0.134. The molecule has 53 heavy (non-hydrogen) atoms. The van der Waals surface area contributed by atoms with Crippen molar-refractivity contribution in [1.29, 1.82) is 0 Å². The summed E-state index contributed by atoms with van der Waals surface area (Å²) in [4.78, 5) is 0. The van der Waals surface area contributed by atoms with Crippen molar-refractivity contribution in [3.63, 3.8) is 0 Å². The van der Waals surface area contributed by atoms with E-state index < -0.39 is 0 Å². The molecule has 1 fully saturated rings. The third-order valence-electron chi connectivity index (χ3n) is 13.0.